The molecule has 19 heavy (non-hydrogen) atoms. The van der Waals surface area contributed by atoms with Crippen molar-refractivity contribution in [3.63, 3.8) is 0 Å². The van der Waals surface area contributed by atoms with E-state index in [1.165, 1.54) is 36.4 Å². The molecule has 0 aliphatic heterocycles. The summed E-state index contributed by atoms with van der Waals surface area (Å²) in [6.07, 6.45) is -4.36. The van der Waals surface area contributed by atoms with Crippen LogP contribution in [0.4, 0.5) is 17.6 Å². The third-order valence-electron chi connectivity index (χ3n) is 2.69. The summed E-state index contributed by atoms with van der Waals surface area (Å²) in [6.45, 7) is 0. The van der Waals surface area contributed by atoms with Crippen LogP contribution in [0.15, 0.2) is 48.5 Å². The zero-order valence-electron chi connectivity index (χ0n) is 9.59. The van der Waals surface area contributed by atoms with Gasteiger partial charge in [-0.3, -0.25) is 0 Å². The number of halogens is 5. The van der Waals surface area contributed by atoms with Gasteiger partial charge in [0, 0.05) is 0 Å². The van der Waals surface area contributed by atoms with E-state index in [4.69, 9.17) is 11.6 Å². The first-order valence-corrected chi connectivity index (χ1v) is 5.88. The summed E-state index contributed by atoms with van der Waals surface area (Å²) in [5.74, 6) is -0.389. The molecule has 100 valence electrons. The van der Waals surface area contributed by atoms with Crippen molar-refractivity contribution in [2.75, 3.05) is 0 Å². The second kappa shape index (κ2) is 5.21. The Morgan fingerprint density at radius 2 is 1.21 bits per heavy atom. The van der Waals surface area contributed by atoms with Gasteiger partial charge in [0.1, 0.15) is 5.82 Å². The van der Waals surface area contributed by atoms with Gasteiger partial charge in [-0.25, -0.2) is 4.39 Å². The van der Waals surface area contributed by atoms with E-state index in [2.05, 4.69) is 0 Å². The van der Waals surface area contributed by atoms with Crippen molar-refractivity contribution in [1.82, 2.24) is 0 Å². The van der Waals surface area contributed by atoms with E-state index >= 15 is 0 Å². The van der Waals surface area contributed by atoms with Gasteiger partial charge < -0.3 is 0 Å². The van der Waals surface area contributed by atoms with Gasteiger partial charge in [-0.05, 0) is 35.4 Å². The predicted octanol–water partition coefficient (Wildman–Crippen LogP) is 5.17. The highest BCUT2D eigenvalue weighted by Gasteiger charge is 2.30. The summed E-state index contributed by atoms with van der Waals surface area (Å²) in [5, 5.41) is -0.608. The SMILES string of the molecule is Fc1ccc([C@H](Cl)c2ccc(C(F)(F)F)cc2)cc1. The molecule has 5 heteroatoms. The fourth-order valence-corrected chi connectivity index (χ4v) is 1.96. The van der Waals surface area contributed by atoms with E-state index in [0.29, 0.717) is 11.1 Å². The summed E-state index contributed by atoms with van der Waals surface area (Å²) in [6, 6.07) is 10.1. The minimum Gasteiger partial charge on any atom is -0.207 e. The topological polar surface area (TPSA) is 0 Å². The number of hydrogen-bond donors (Lipinski definition) is 0. The van der Waals surface area contributed by atoms with Crippen LogP contribution in [0.5, 0.6) is 0 Å². The highest BCUT2D eigenvalue weighted by molar-refractivity contribution is 6.22. The molecule has 0 nitrogen and oxygen atoms in total. The lowest BCUT2D eigenvalue weighted by molar-refractivity contribution is -0.137. The number of alkyl halides is 4. The van der Waals surface area contributed by atoms with Crippen LogP contribution in [0.3, 0.4) is 0 Å². The third kappa shape index (κ3) is 3.26. The lowest BCUT2D eigenvalue weighted by atomic mass is 10.0. The second-order valence-electron chi connectivity index (χ2n) is 4.03. The average molecular weight is 289 g/mol. The predicted molar refractivity (Wildman–Crippen MR) is 65.5 cm³/mol. The number of hydrogen-bond acceptors (Lipinski definition) is 0. The molecule has 0 spiro atoms. The minimum atomic E-state index is -4.36. The highest BCUT2D eigenvalue weighted by atomic mass is 35.5. The van der Waals surface area contributed by atoms with E-state index in [1.54, 1.807) is 0 Å². The average Bonchev–Trinajstić information content (AvgIpc) is 2.38. The molecular weight excluding hydrogens is 280 g/mol. The lowest BCUT2D eigenvalue weighted by Gasteiger charge is -2.12. The first-order valence-electron chi connectivity index (χ1n) is 5.44. The Hall–Kier alpha value is -1.55. The Morgan fingerprint density at radius 3 is 1.63 bits per heavy atom. The first-order chi connectivity index (χ1) is 8.88. The van der Waals surface area contributed by atoms with Crippen molar-refractivity contribution < 1.29 is 17.6 Å². The summed E-state index contributed by atoms with van der Waals surface area (Å²) >= 11 is 6.15. The van der Waals surface area contributed by atoms with Gasteiger partial charge in [0.25, 0.3) is 0 Å². The Kier molecular flexibility index (Phi) is 3.80. The van der Waals surface area contributed by atoms with Gasteiger partial charge in [0.2, 0.25) is 0 Å². The monoisotopic (exact) mass is 288 g/mol. The molecule has 0 saturated carbocycles. The minimum absolute atomic E-state index is 0.389. The summed E-state index contributed by atoms with van der Waals surface area (Å²) < 4.78 is 50.0. The molecule has 2 aromatic rings. The van der Waals surface area contributed by atoms with Gasteiger partial charge in [-0.15, -0.1) is 11.6 Å². The molecule has 0 saturated heterocycles. The van der Waals surface area contributed by atoms with Crippen molar-refractivity contribution in [2.24, 2.45) is 0 Å². The molecule has 0 fully saturated rings. The second-order valence-corrected chi connectivity index (χ2v) is 4.47. The van der Waals surface area contributed by atoms with E-state index in [1.807, 2.05) is 0 Å². The Balaban J connectivity index is 2.25. The van der Waals surface area contributed by atoms with Crippen LogP contribution in [-0.2, 0) is 6.18 Å². The third-order valence-corrected chi connectivity index (χ3v) is 3.20. The molecule has 0 aliphatic carbocycles. The molecule has 2 rings (SSSR count). The molecule has 0 unspecified atom stereocenters. The fraction of sp³-hybridized carbons (Fsp3) is 0.143. The molecule has 1 atom stereocenters. The van der Waals surface area contributed by atoms with Gasteiger partial charge in [-0.1, -0.05) is 24.3 Å². The molecule has 0 amide bonds. The van der Waals surface area contributed by atoms with Crippen LogP contribution in [0.1, 0.15) is 22.1 Å². The maximum Gasteiger partial charge on any atom is 0.416 e. The maximum atomic E-state index is 12.8. The van der Waals surface area contributed by atoms with Crippen LogP contribution in [0, 0.1) is 5.82 Å². The van der Waals surface area contributed by atoms with E-state index < -0.39 is 17.1 Å². The summed E-state index contributed by atoms with van der Waals surface area (Å²) in [4.78, 5) is 0. The molecule has 0 bridgehead atoms. The largest absolute Gasteiger partial charge is 0.416 e. The van der Waals surface area contributed by atoms with Crippen LogP contribution in [0.2, 0.25) is 0 Å². The molecule has 0 radical (unpaired) electrons. The van der Waals surface area contributed by atoms with Crippen LogP contribution in [-0.4, -0.2) is 0 Å². The smallest absolute Gasteiger partial charge is 0.207 e. The lowest BCUT2D eigenvalue weighted by Crippen LogP contribution is -2.05. The molecule has 0 N–H and O–H groups in total. The molecule has 0 aromatic heterocycles. The first kappa shape index (κ1) is 13.9. The highest BCUT2D eigenvalue weighted by Crippen LogP contribution is 2.33. The van der Waals surface area contributed by atoms with E-state index in [0.717, 1.165) is 12.1 Å². The van der Waals surface area contributed by atoms with E-state index in [-0.39, 0.29) is 5.82 Å². The normalized spacial score (nSPS) is 13.3. The molecular formula is C14H9ClF4. The Bertz CT molecular complexity index is 543. The Morgan fingerprint density at radius 1 is 0.789 bits per heavy atom. The summed E-state index contributed by atoms with van der Waals surface area (Å²) in [7, 11) is 0. The molecule has 2 aromatic carbocycles. The zero-order chi connectivity index (χ0) is 14.0. The van der Waals surface area contributed by atoms with Crippen LogP contribution in [0.25, 0.3) is 0 Å². The standard InChI is InChI=1S/C14H9ClF4/c15-13(10-3-7-12(16)8-4-10)9-1-5-11(6-2-9)14(17,18)19/h1-8,13H/t13-/m1/s1. The Labute approximate surface area is 112 Å². The van der Waals surface area contributed by atoms with Crippen molar-refractivity contribution >= 4 is 11.6 Å². The van der Waals surface area contributed by atoms with Crippen LogP contribution >= 0.6 is 11.6 Å². The maximum absolute atomic E-state index is 12.8. The molecule has 0 aliphatic rings. The zero-order valence-corrected chi connectivity index (χ0v) is 10.3. The fourth-order valence-electron chi connectivity index (χ4n) is 1.67. The van der Waals surface area contributed by atoms with Crippen molar-refractivity contribution in [3.05, 3.63) is 71.0 Å². The van der Waals surface area contributed by atoms with Gasteiger partial charge in [-0.2, -0.15) is 13.2 Å². The van der Waals surface area contributed by atoms with Crippen molar-refractivity contribution in [2.45, 2.75) is 11.6 Å². The van der Waals surface area contributed by atoms with Gasteiger partial charge in [0.05, 0.1) is 10.9 Å². The van der Waals surface area contributed by atoms with E-state index in [9.17, 15) is 17.6 Å². The van der Waals surface area contributed by atoms with Crippen molar-refractivity contribution in [3.8, 4) is 0 Å². The van der Waals surface area contributed by atoms with Gasteiger partial charge in [0.15, 0.2) is 0 Å². The molecule has 0 heterocycles. The quantitative estimate of drug-likeness (QED) is 0.528. The number of rotatable bonds is 2. The van der Waals surface area contributed by atoms with Crippen LogP contribution < -0.4 is 0 Å². The summed E-state index contributed by atoms with van der Waals surface area (Å²) in [5.41, 5.74) is 0.434. The number of benzene rings is 2. The van der Waals surface area contributed by atoms with Crippen molar-refractivity contribution in [1.29, 1.82) is 0 Å². The van der Waals surface area contributed by atoms with Gasteiger partial charge >= 0.3 is 6.18 Å².